The van der Waals surface area contributed by atoms with Gasteiger partial charge in [0.2, 0.25) is 10.0 Å². The van der Waals surface area contributed by atoms with Crippen molar-refractivity contribution in [2.45, 2.75) is 25.7 Å². The number of guanidine groups is 1. The molecule has 8 heteroatoms. The van der Waals surface area contributed by atoms with Crippen LogP contribution in [0.1, 0.15) is 24.0 Å². The summed E-state index contributed by atoms with van der Waals surface area (Å²) < 4.78 is 26.2. The van der Waals surface area contributed by atoms with Crippen LogP contribution in [0.2, 0.25) is 0 Å². The van der Waals surface area contributed by atoms with Crippen LogP contribution in [0.25, 0.3) is 0 Å². The summed E-state index contributed by atoms with van der Waals surface area (Å²) in [6.45, 7) is 1.38. The summed E-state index contributed by atoms with van der Waals surface area (Å²) in [4.78, 5) is 4.22. The summed E-state index contributed by atoms with van der Waals surface area (Å²) in [5, 5.41) is 3.15. The molecule has 0 atom stereocenters. The Bertz CT molecular complexity index is 728. The third-order valence-corrected chi connectivity index (χ3v) is 7.45. The molecular formula is C17H26N4O2S2. The molecule has 0 unspecified atom stereocenters. The van der Waals surface area contributed by atoms with Crippen molar-refractivity contribution in [2.75, 3.05) is 42.2 Å². The first kappa shape index (κ1) is 18.5. The fourth-order valence-electron chi connectivity index (χ4n) is 3.31. The Morgan fingerprint density at radius 2 is 2.00 bits per heavy atom. The number of nitrogens with two attached hydrogens (primary N) is 1. The Balaban J connectivity index is 1.57. The highest BCUT2D eigenvalue weighted by atomic mass is 32.2. The van der Waals surface area contributed by atoms with Gasteiger partial charge in [-0.15, -0.1) is 0 Å². The Labute approximate surface area is 154 Å². The SMILES string of the molecule is NC(=NCCS(=O)(=O)N1CCSCC1)Nc1cccc2c1CCCC2. The van der Waals surface area contributed by atoms with Gasteiger partial charge in [0, 0.05) is 30.3 Å². The van der Waals surface area contributed by atoms with Crippen molar-refractivity contribution in [1.29, 1.82) is 0 Å². The van der Waals surface area contributed by atoms with E-state index in [-0.39, 0.29) is 18.3 Å². The number of hydrogen-bond donors (Lipinski definition) is 2. The largest absolute Gasteiger partial charge is 0.370 e. The van der Waals surface area contributed by atoms with Crippen molar-refractivity contribution in [3.8, 4) is 0 Å². The maximum Gasteiger partial charge on any atom is 0.215 e. The van der Waals surface area contributed by atoms with Crippen LogP contribution in [0.3, 0.4) is 0 Å². The number of nitrogens with zero attached hydrogens (tertiary/aromatic N) is 2. The van der Waals surface area contributed by atoms with E-state index in [1.54, 1.807) is 16.1 Å². The Morgan fingerprint density at radius 3 is 2.80 bits per heavy atom. The van der Waals surface area contributed by atoms with Crippen LogP contribution in [0, 0.1) is 0 Å². The maximum atomic E-state index is 12.3. The van der Waals surface area contributed by atoms with E-state index in [1.807, 2.05) is 12.1 Å². The van der Waals surface area contributed by atoms with E-state index in [0.717, 1.165) is 30.0 Å². The molecule has 1 aromatic carbocycles. The number of aliphatic imine (C=N–C) groups is 1. The van der Waals surface area contributed by atoms with E-state index in [9.17, 15) is 8.42 Å². The van der Waals surface area contributed by atoms with Crippen molar-refractivity contribution >= 4 is 33.4 Å². The van der Waals surface area contributed by atoms with Crippen molar-refractivity contribution in [1.82, 2.24) is 4.31 Å². The molecule has 3 rings (SSSR count). The number of fused-ring (bicyclic) bond motifs is 1. The molecule has 1 saturated heterocycles. The highest BCUT2D eigenvalue weighted by Crippen LogP contribution is 2.27. The third-order valence-electron chi connectivity index (χ3n) is 4.65. The molecule has 0 spiro atoms. The predicted octanol–water partition coefficient (Wildman–Crippen LogP) is 1.67. The standard InChI is InChI=1S/C17H26N4O2S2/c18-17(19-8-13-25(22,23)21-9-11-24-12-10-21)20-16-7-3-5-14-4-1-2-6-15(14)16/h3,5,7H,1-2,4,6,8-13H2,(H3,18,19,20). The fourth-order valence-corrected chi connectivity index (χ4v) is 5.76. The van der Waals surface area contributed by atoms with E-state index in [2.05, 4.69) is 16.4 Å². The zero-order valence-corrected chi connectivity index (χ0v) is 16.0. The molecule has 6 nitrogen and oxygen atoms in total. The molecule has 1 aliphatic heterocycles. The van der Waals surface area contributed by atoms with Crippen LogP contribution < -0.4 is 11.1 Å². The summed E-state index contributed by atoms with van der Waals surface area (Å²) in [6, 6.07) is 6.20. The quantitative estimate of drug-likeness (QED) is 0.597. The Hall–Kier alpha value is -1.25. The van der Waals surface area contributed by atoms with Gasteiger partial charge in [0.15, 0.2) is 5.96 Å². The van der Waals surface area contributed by atoms with Gasteiger partial charge < -0.3 is 11.1 Å². The van der Waals surface area contributed by atoms with Crippen LogP contribution in [-0.4, -0.2) is 55.6 Å². The normalized spacial score (nSPS) is 19.4. The minimum atomic E-state index is -3.24. The van der Waals surface area contributed by atoms with E-state index in [4.69, 9.17) is 5.73 Å². The molecule has 25 heavy (non-hydrogen) atoms. The topological polar surface area (TPSA) is 87.8 Å². The number of anilines is 1. The summed E-state index contributed by atoms with van der Waals surface area (Å²) in [5.41, 5.74) is 9.65. The van der Waals surface area contributed by atoms with Crippen LogP contribution in [0.4, 0.5) is 5.69 Å². The lowest BCUT2D eigenvalue weighted by atomic mass is 9.90. The van der Waals surface area contributed by atoms with Crippen molar-refractivity contribution in [3.63, 3.8) is 0 Å². The molecule has 0 radical (unpaired) electrons. The summed E-state index contributed by atoms with van der Waals surface area (Å²) >= 11 is 1.79. The first-order valence-corrected chi connectivity index (χ1v) is 11.6. The molecular weight excluding hydrogens is 356 g/mol. The number of rotatable bonds is 5. The number of nitrogens with one attached hydrogen (secondary N) is 1. The summed E-state index contributed by atoms with van der Waals surface area (Å²) in [7, 11) is -3.24. The summed E-state index contributed by atoms with van der Waals surface area (Å²) in [5.74, 6) is 2.02. The van der Waals surface area contributed by atoms with Gasteiger partial charge in [0.05, 0.1) is 12.3 Å². The second-order valence-corrected chi connectivity index (χ2v) is 9.68. The molecule has 0 saturated carbocycles. The smallest absolute Gasteiger partial charge is 0.215 e. The molecule has 1 heterocycles. The van der Waals surface area contributed by atoms with Crippen molar-refractivity contribution in [3.05, 3.63) is 29.3 Å². The van der Waals surface area contributed by atoms with Crippen molar-refractivity contribution in [2.24, 2.45) is 10.7 Å². The lowest BCUT2D eigenvalue weighted by Crippen LogP contribution is -2.40. The average Bonchev–Trinajstić information content (AvgIpc) is 2.63. The molecule has 0 bridgehead atoms. The monoisotopic (exact) mass is 382 g/mol. The van der Waals surface area contributed by atoms with Gasteiger partial charge in [0.25, 0.3) is 0 Å². The van der Waals surface area contributed by atoms with Crippen LogP contribution in [-0.2, 0) is 22.9 Å². The van der Waals surface area contributed by atoms with Crippen molar-refractivity contribution < 1.29 is 8.42 Å². The first-order chi connectivity index (χ1) is 12.1. The zero-order chi connectivity index (χ0) is 17.7. The predicted molar refractivity (Wildman–Crippen MR) is 106 cm³/mol. The zero-order valence-electron chi connectivity index (χ0n) is 14.4. The third kappa shape index (κ3) is 4.89. The Kier molecular flexibility index (Phi) is 6.24. The minimum Gasteiger partial charge on any atom is -0.370 e. The lowest BCUT2D eigenvalue weighted by Gasteiger charge is -2.25. The second-order valence-electron chi connectivity index (χ2n) is 6.37. The van der Waals surface area contributed by atoms with E-state index >= 15 is 0 Å². The van der Waals surface area contributed by atoms with Gasteiger partial charge in [-0.3, -0.25) is 4.99 Å². The van der Waals surface area contributed by atoms with Gasteiger partial charge in [0.1, 0.15) is 0 Å². The van der Waals surface area contributed by atoms with E-state index in [1.165, 1.54) is 24.0 Å². The van der Waals surface area contributed by atoms with E-state index in [0.29, 0.717) is 13.1 Å². The van der Waals surface area contributed by atoms with E-state index < -0.39 is 10.0 Å². The lowest BCUT2D eigenvalue weighted by molar-refractivity contribution is 0.444. The molecule has 138 valence electrons. The number of benzene rings is 1. The molecule has 1 aromatic rings. The van der Waals surface area contributed by atoms with Gasteiger partial charge in [-0.2, -0.15) is 11.8 Å². The molecule has 1 fully saturated rings. The number of sulfonamides is 1. The van der Waals surface area contributed by atoms with Crippen LogP contribution in [0.15, 0.2) is 23.2 Å². The summed E-state index contributed by atoms with van der Waals surface area (Å²) in [6.07, 6.45) is 4.57. The van der Waals surface area contributed by atoms with Gasteiger partial charge in [-0.25, -0.2) is 12.7 Å². The highest BCUT2D eigenvalue weighted by molar-refractivity contribution is 7.99. The molecule has 0 amide bonds. The maximum absolute atomic E-state index is 12.3. The second kappa shape index (κ2) is 8.42. The number of aryl methyl sites for hydroxylation is 1. The molecule has 0 aromatic heterocycles. The van der Waals surface area contributed by atoms with Crippen LogP contribution >= 0.6 is 11.8 Å². The fraction of sp³-hybridized carbons (Fsp3) is 0.588. The number of hydrogen-bond acceptors (Lipinski definition) is 4. The average molecular weight is 383 g/mol. The van der Waals surface area contributed by atoms with Gasteiger partial charge in [-0.1, -0.05) is 12.1 Å². The molecule has 3 N–H and O–H groups in total. The van der Waals surface area contributed by atoms with Gasteiger partial charge >= 0.3 is 0 Å². The minimum absolute atomic E-state index is 0.00689. The molecule has 2 aliphatic rings. The van der Waals surface area contributed by atoms with Gasteiger partial charge in [-0.05, 0) is 42.9 Å². The Morgan fingerprint density at radius 1 is 1.24 bits per heavy atom. The van der Waals surface area contributed by atoms with Crippen LogP contribution in [0.5, 0.6) is 0 Å². The number of thioether (sulfide) groups is 1. The highest BCUT2D eigenvalue weighted by Gasteiger charge is 2.23. The first-order valence-electron chi connectivity index (χ1n) is 8.79. The molecule has 1 aliphatic carbocycles.